The summed E-state index contributed by atoms with van der Waals surface area (Å²) in [7, 11) is 0. The van der Waals surface area contributed by atoms with Gasteiger partial charge in [-0.2, -0.15) is 0 Å². The van der Waals surface area contributed by atoms with Crippen LogP contribution in [0.2, 0.25) is 0 Å². The lowest BCUT2D eigenvalue weighted by Crippen LogP contribution is -1.99. The fourth-order valence-electron chi connectivity index (χ4n) is 2.91. The second-order valence-electron chi connectivity index (χ2n) is 5.74. The molecule has 0 bridgehead atoms. The fraction of sp³-hybridized carbons (Fsp3) is 0.0500. The van der Waals surface area contributed by atoms with Crippen LogP contribution in [0.4, 0.5) is 17.1 Å². The Balaban J connectivity index is 1.99. The maximum atomic E-state index is 6.18. The highest BCUT2D eigenvalue weighted by Crippen LogP contribution is 2.34. The van der Waals surface area contributed by atoms with Gasteiger partial charge in [0.25, 0.3) is 0 Å². The molecule has 0 saturated heterocycles. The van der Waals surface area contributed by atoms with Crippen LogP contribution in [0.15, 0.2) is 66.7 Å². The molecule has 1 heterocycles. The van der Waals surface area contributed by atoms with Crippen LogP contribution in [-0.2, 0) is 0 Å². The van der Waals surface area contributed by atoms with Crippen molar-refractivity contribution in [3.05, 3.63) is 72.3 Å². The lowest BCUT2D eigenvalue weighted by atomic mass is 10.1. The first-order chi connectivity index (χ1) is 11.2. The van der Waals surface area contributed by atoms with Crippen LogP contribution in [0.1, 0.15) is 5.56 Å². The molecule has 0 amide bonds. The summed E-state index contributed by atoms with van der Waals surface area (Å²) in [6.07, 6.45) is 0. The van der Waals surface area contributed by atoms with E-state index in [0.29, 0.717) is 0 Å². The number of nitrogens with zero attached hydrogens (tertiary/aromatic N) is 1. The molecule has 4 rings (SSSR count). The lowest BCUT2D eigenvalue weighted by molar-refractivity contribution is 1.45. The molecule has 0 atom stereocenters. The molecule has 0 aliphatic heterocycles. The van der Waals surface area contributed by atoms with E-state index in [-0.39, 0.29) is 0 Å². The summed E-state index contributed by atoms with van der Waals surface area (Å²) in [6.45, 7) is 2.04. The number of pyridine rings is 1. The van der Waals surface area contributed by atoms with E-state index in [9.17, 15) is 0 Å². The van der Waals surface area contributed by atoms with Gasteiger partial charge in [0.1, 0.15) is 0 Å². The Morgan fingerprint density at radius 2 is 1.43 bits per heavy atom. The van der Waals surface area contributed by atoms with Gasteiger partial charge in [-0.3, -0.25) is 0 Å². The zero-order valence-corrected chi connectivity index (χ0v) is 12.9. The summed E-state index contributed by atoms with van der Waals surface area (Å²) in [5, 5.41) is 5.70. The summed E-state index contributed by atoms with van der Waals surface area (Å²) in [6, 6.07) is 22.4. The average molecular weight is 299 g/mol. The molecule has 3 nitrogen and oxygen atoms in total. The zero-order chi connectivity index (χ0) is 15.8. The fourth-order valence-corrected chi connectivity index (χ4v) is 2.91. The van der Waals surface area contributed by atoms with E-state index in [0.717, 1.165) is 44.4 Å². The van der Waals surface area contributed by atoms with E-state index in [4.69, 9.17) is 10.7 Å². The second kappa shape index (κ2) is 5.29. The van der Waals surface area contributed by atoms with Gasteiger partial charge in [-0.05, 0) is 36.8 Å². The summed E-state index contributed by atoms with van der Waals surface area (Å²) >= 11 is 0. The number of fused-ring (bicyclic) bond motifs is 2. The molecule has 112 valence electrons. The number of anilines is 3. The van der Waals surface area contributed by atoms with E-state index < -0.39 is 0 Å². The predicted molar refractivity (Wildman–Crippen MR) is 98.1 cm³/mol. The molecule has 0 aliphatic carbocycles. The van der Waals surface area contributed by atoms with Gasteiger partial charge in [-0.15, -0.1) is 0 Å². The minimum atomic E-state index is 0.745. The molecule has 0 radical (unpaired) electrons. The number of nitrogens with two attached hydrogens (primary N) is 1. The summed E-state index contributed by atoms with van der Waals surface area (Å²) in [5.41, 5.74) is 12.0. The van der Waals surface area contributed by atoms with Crippen molar-refractivity contribution in [3.63, 3.8) is 0 Å². The molecule has 4 aromatic rings. The topological polar surface area (TPSA) is 50.9 Å². The highest BCUT2D eigenvalue weighted by Gasteiger charge is 2.10. The minimum absolute atomic E-state index is 0.745. The molecular weight excluding hydrogens is 282 g/mol. The van der Waals surface area contributed by atoms with E-state index in [2.05, 4.69) is 23.5 Å². The van der Waals surface area contributed by atoms with Crippen LogP contribution in [0.5, 0.6) is 0 Å². The van der Waals surface area contributed by atoms with Crippen molar-refractivity contribution in [2.75, 3.05) is 11.1 Å². The van der Waals surface area contributed by atoms with E-state index >= 15 is 0 Å². The normalized spacial score (nSPS) is 11.0. The Labute approximate surface area is 134 Å². The number of hydrogen-bond acceptors (Lipinski definition) is 3. The van der Waals surface area contributed by atoms with Crippen molar-refractivity contribution in [1.29, 1.82) is 0 Å². The van der Waals surface area contributed by atoms with Gasteiger partial charge in [-0.1, -0.05) is 42.5 Å². The first-order valence-corrected chi connectivity index (χ1v) is 7.63. The summed E-state index contributed by atoms with van der Waals surface area (Å²) in [4.78, 5) is 4.75. The maximum Gasteiger partial charge on any atom is 0.0730 e. The van der Waals surface area contributed by atoms with Crippen molar-refractivity contribution in [2.24, 2.45) is 0 Å². The first-order valence-electron chi connectivity index (χ1n) is 7.63. The van der Waals surface area contributed by atoms with E-state index in [1.54, 1.807) is 0 Å². The number of aromatic nitrogens is 1. The third-order valence-electron chi connectivity index (χ3n) is 4.05. The molecule has 0 saturated carbocycles. The number of aryl methyl sites for hydroxylation is 1. The minimum Gasteiger partial charge on any atom is -0.397 e. The highest BCUT2D eigenvalue weighted by molar-refractivity contribution is 6.09. The van der Waals surface area contributed by atoms with Crippen LogP contribution in [0.3, 0.4) is 0 Å². The van der Waals surface area contributed by atoms with Gasteiger partial charge in [0.2, 0.25) is 0 Å². The van der Waals surface area contributed by atoms with Crippen molar-refractivity contribution in [3.8, 4) is 0 Å². The molecule has 0 fully saturated rings. The van der Waals surface area contributed by atoms with Gasteiger partial charge < -0.3 is 11.1 Å². The second-order valence-corrected chi connectivity index (χ2v) is 5.74. The Morgan fingerprint density at radius 3 is 2.04 bits per heavy atom. The molecule has 3 N–H and O–H groups in total. The number of hydrogen-bond donors (Lipinski definition) is 2. The van der Waals surface area contributed by atoms with Gasteiger partial charge in [0, 0.05) is 10.8 Å². The molecule has 3 aromatic carbocycles. The standard InChI is InChI=1S/C20H17N3/c1-13-10-11-19(16(21)12-13)23-20-14-6-2-4-8-17(14)22-18-9-5-3-7-15(18)20/h2-12H,21H2,1H3,(H,22,23). The van der Waals surface area contributed by atoms with Crippen molar-refractivity contribution >= 4 is 38.9 Å². The molecule has 0 aliphatic rings. The van der Waals surface area contributed by atoms with Crippen molar-refractivity contribution < 1.29 is 0 Å². The van der Waals surface area contributed by atoms with Crippen LogP contribution in [0, 0.1) is 6.92 Å². The van der Waals surface area contributed by atoms with Crippen molar-refractivity contribution in [2.45, 2.75) is 6.92 Å². The van der Waals surface area contributed by atoms with Crippen LogP contribution in [-0.4, -0.2) is 4.98 Å². The largest absolute Gasteiger partial charge is 0.397 e. The molecular formula is C20H17N3. The Hall–Kier alpha value is -3.07. The highest BCUT2D eigenvalue weighted by atomic mass is 14.9. The van der Waals surface area contributed by atoms with Gasteiger partial charge in [-0.25, -0.2) is 4.98 Å². The van der Waals surface area contributed by atoms with Gasteiger partial charge in [0.05, 0.1) is 28.1 Å². The number of nitrogen functional groups attached to an aromatic ring is 1. The number of benzene rings is 3. The molecule has 1 aromatic heterocycles. The third kappa shape index (κ3) is 2.36. The molecule has 0 spiro atoms. The monoisotopic (exact) mass is 299 g/mol. The lowest BCUT2D eigenvalue weighted by Gasteiger charge is -2.15. The average Bonchev–Trinajstić information content (AvgIpc) is 2.56. The zero-order valence-electron chi connectivity index (χ0n) is 12.9. The SMILES string of the molecule is Cc1ccc(Nc2c3ccccc3nc3ccccc23)c(N)c1. The molecule has 3 heteroatoms. The third-order valence-corrected chi connectivity index (χ3v) is 4.05. The smallest absolute Gasteiger partial charge is 0.0730 e. The Bertz CT molecular complexity index is 968. The van der Waals surface area contributed by atoms with Crippen LogP contribution >= 0.6 is 0 Å². The molecule has 23 heavy (non-hydrogen) atoms. The van der Waals surface area contributed by atoms with Crippen LogP contribution in [0.25, 0.3) is 21.8 Å². The maximum absolute atomic E-state index is 6.18. The quantitative estimate of drug-likeness (QED) is 0.403. The first kappa shape index (κ1) is 13.6. The molecule has 0 unspecified atom stereocenters. The Morgan fingerprint density at radius 1 is 0.826 bits per heavy atom. The summed E-state index contributed by atoms with van der Waals surface area (Å²) < 4.78 is 0. The van der Waals surface area contributed by atoms with E-state index in [1.807, 2.05) is 55.5 Å². The van der Waals surface area contributed by atoms with E-state index in [1.165, 1.54) is 0 Å². The van der Waals surface area contributed by atoms with Crippen molar-refractivity contribution in [1.82, 2.24) is 4.98 Å². The van der Waals surface area contributed by atoms with Gasteiger partial charge >= 0.3 is 0 Å². The van der Waals surface area contributed by atoms with Gasteiger partial charge in [0.15, 0.2) is 0 Å². The van der Waals surface area contributed by atoms with Crippen LogP contribution < -0.4 is 11.1 Å². The summed E-state index contributed by atoms with van der Waals surface area (Å²) in [5.74, 6) is 0. The number of nitrogens with one attached hydrogen (secondary N) is 1. The number of rotatable bonds is 2. The predicted octanol–water partition coefficient (Wildman–Crippen LogP) is 5.02. The Kier molecular flexibility index (Phi) is 3.12. The number of para-hydroxylation sites is 2.